The molecule has 3 aromatic heterocycles. The van der Waals surface area contributed by atoms with Gasteiger partial charge in [-0.2, -0.15) is 42.1 Å². The number of aromatic nitrogens is 8. The zero-order valence-electron chi connectivity index (χ0n) is 70.9. The lowest BCUT2D eigenvalue weighted by Gasteiger charge is -2.11. The van der Waals surface area contributed by atoms with Gasteiger partial charge in [0.15, 0.2) is 23.3 Å². The summed E-state index contributed by atoms with van der Waals surface area (Å²) in [5.41, 5.74) is 12.1. The summed E-state index contributed by atoms with van der Waals surface area (Å²) in [6.07, 6.45) is 0. The number of ether oxygens (including phenoxy) is 8. The summed E-state index contributed by atoms with van der Waals surface area (Å²) in [5.74, 6) is 8.61. The number of H-pyrrole nitrogens is 2. The lowest BCUT2D eigenvalue weighted by Crippen LogP contribution is -1.90. The molecule has 0 amide bonds. The maximum atomic E-state index is 9.76. The molecule has 0 fully saturated rings. The highest BCUT2D eigenvalue weighted by atomic mass is 16.5. The van der Waals surface area contributed by atoms with Gasteiger partial charge in [-0.25, -0.2) is 29.9 Å². The normalized spacial score (nSPS) is 10.9. The summed E-state index contributed by atoms with van der Waals surface area (Å²) in [6.45, 7) is 0. The van der Waals surface area contributed by atoms with E-state index >= 15 is 0 Å². The monoisotopic (exact) mass is 1750 g/mol. The zero-order valence-corrected chi connectivity index (χ0v) is 70.9. The van der Waals surface area contributed by atoms with Crippen LogP contribution < -0.4 is 37.9 Å². The molecule has 19 aromatic rings. The first kappa shape index (κ1) is 82.2. The van der Waals surface area contributed by atoms with E-state index in [2.05, 4.69) is 34.2 Å². The molecule has 2 aliphatic rings. The molecule has 0 saturated carbocycles. The van der Waals surface area contributed by atoms with Gasteiger partial charge in [-0.1, -0.05) is 97.1 Å². The van der Waals surface area contributed by atoms with E-state index in [4.69, 9.17) is 67.8 Å². The van der Waals surface area contributed by atoms with Crippen molar-refractivity contribution in [2.75, 3.05) is 0 Å². The van der Waals surface area contributed by atoms with Crippen molar-refractivity contribution < 1.29 is 37.9 Å². The van der Waals surface area contributed by atoms with Crippen LogP contribution in [0.15, 0.2) is 340 Å². The fourth-order valence-corrected chi connectivity index (χ4v) is 16.1. The molecule has 24 nitrogen and oxygen atoms in total. The molecule has 0 spiro atoms. The maximum absolute atomic E-state index is 9.76. The third-order valence-corrected chi connectivity index (χ3v) is 22.5. The second kappa shape index (κ2) is 35.4. The number of nitrogens with one attached hydrogen (secondary N) is 2. The third-order valence-electron chi connectivity index (χ3n) is 22.5. The summed E-state index contributed by atoms with van der Waals surface area (Å²) < 4.78 is 52.2. The molecule has 634 valence electrons. The van der Waals surface area contributed by atoms with E-state index in [-0.39, 0.29) is 67.8 Å². The Morgan fingerprint density at radius 2 is 0.353 bits per heavy atom. The van der Waals surface area contributed by atoms with Crippen LogP contribution >= 0.6 is 0 Å². The number of nitrogens with zero attached hydrogens (tertiary/aromatic N) is 14. The number of hydrogen-bond acceptors (Lipinski definition) is 22. The van der Waals surface area contributed by atoms with Gasteiger partial charge >= 0.3 is 0 Å². The first-order valence-corrected chi connectivity index (χ1v) is 42.2. The van der Waals surface area contributed by atoms with Gasteiger partial charge in [0.1, 0.15) is 163 Å². The van der Waals surface area contributed by atoms with Crippen molar-refractivity contribution >= 4 is 44.1 Å². The Labute approximate surface area is 774 Å². The average molecular weight is 1760 g/mol. The topological polar surface area (TPSA) is 373 Å². The fourth-order valence-electron chi connectivity index (χ4n) is 16.1. The third kappa shape index (κ3) is 16.8. The van der Waals surface area contributed by atoms with Gasteiger partial charge < -0.3 is 47.9 Å². The number of benzene rings is 16. The minimum Gasteiger partial charge on any atom is -0.457 e. The number of fused-ring (bicyclic) bond motifs is 20. The smallest absolute Gasteiger partial charge is 0.164 e. The molecule has 5 heterocycles. The minimum atomic E-state index is 0.202. The lowest BCUT2D eigenvalue weighted by molar-refractivity contribution is 0.482. The predicted molar refractivity (Wildman–Crippen MR) is 508 cm³/mol. The largest absolute Gasteiger partial charge is 0.457 e. The highest BCUT2D eigenvalue weighted by molar-refractivity contribution is 6.07. The van der Waals surface area contributed by atoms with Gasteiger partial charge in [-0.3, -0.25) is 0 Å². The van der Waals surface area contributed by atoms with Crippen LogP contribution in [-0.4, -0.2) is 39.9 Å². The molecule has 136 heavy (non-hydrogen) atoms. The van der Waals surface area contributed by atoms with Gasteiger partial charge in [0.25, 0.3) is 0 Å². The molecule has 21 rings (SSSR count). The highest BCUT2D eigenvalue weighted by Gasteiger charge is 2.27. The molecule has 0 atom stereocenters. The summed E-state index contributed by atoms with van der Waals surface area (Å²) in [5, 5.41) is 79.8. The first-order valence-electron chi connectivity index (χ1n) is 42.2. The Kier molecular flexibility index (Phi) is 21.4. The van der Waals surface area contributed by atoms with E-state index in [0.717, 1.165) is 44.5 Å². The molecular weight excluding hydrogens is 1700 g/mol. The first-order chi connectivity index (χ1) is 66.8. The van der Waals surface area contributed by atoms with Gasteiger partial charge in [0.05, 0.1) is 44.5 Å². The van der Waals surface area contributed by atoms with Crippen LogP contribution in [0.3, 0.4) is 0 Å². The summed E-state index contributed by atoms with van der Waals surface area (Å²) >= 11 is 0. The Morgan fingerprint density at radius 1 is 0.162 bits per heavy atom. The van der Waals surface area contributed by atoms with Crippen molar-refractivity contribution in [3.8, 4) is 231 Å². The van der Waals surface area contributed by atoms with Crippen molar-refractivity contribution in [3.63, 3.8) is 0 Å². The Hall–Kier alpha value is -20.8. The maximum Gasteiger partial charge on any atom is 0.164 e. The summed E-state index contributed by atoms with van der Waals surface area (Å²) in [7, 11) is 0. The molecule has 8 bridgehead atoms. The fraction of sp³-hybridized carbons (Fsp3) is 0. The molecule has 0 radical (unpaired) electrons. The molecule has 0 aliphatic carbocycles. The number of rotatable bonds is 20. The number of nitriles is 8. The van der Waals surface area contributed by atoms with Crippen LogP contribution in [0.2, 0.25) is 0 Å². The predicted octanol–water partition coefficient (Wildman–Crippen LogP) is 26.8. The Balaban J connectivity index is 0.686. The van der Waals surface area contributed by atoms with Crippen LogP contribution in [0, 0.1) is 90.6 Å². The molecule has 2 aliphatic heterocycles. The highest BCUT2D eigenvalue weighted by Crippen LogP contribution is 2.45. The van der Waals surface area contributed by atoms with Gasteiger partial charge in [-0.05, 0) is 287 Å². The van der Waals surface area contributed by atoms with Crippen molar-refractivity contribution in [3.05, 3.63) is 384 Å². The van der Waals surface area contributed by atoms with Gasteiger partial charge in [0, 0.05) is 43.8 Å². The quantitative estimate of drug-likeness (QED) is 0.0715. The van der Waals surface area contributed by atoms with Crippen LogP contribution in [-0.2, 0) is 0 Å². The van der Waals surface area contributed by atoms with E-state index in [1.807, 2.05) is 291 Å². The zero-order chi connectivity index (χ0) is 92.3. The Morgan fingerprint density at radius 3 is 0.588 bits per heavy atom. The van der Waals surface area contributed by atoms with E-state index < -0.39 is 0 Å². The van der Waals surface area contributed by atoms with Crippen molar-refractivity contribution in [1.82, 2.24) is 39.9 Å². The molecular formula is C112H58N16O8. The molecule has 0 unspecified atom stereocenters. The number of hydrogen-bond donors (Lipinski definition) is 2. The number of aromatic amines is 2. The van der Waals surface area contributed by atoms with Crippen LogP contribution in [0.4, 0.5) is 0 Å². The SMILES string of the molecule is N#Cc1ccc(Oc2cccc(-c3cccc(Oc4ccc5c(c4)-c4nc-5nc5[nH]c(nc6nc(nc7[nH]c(n4)c4ccc(Oc8cccc(-c9cccc(Oc%10ccc(C#N)c(C#N)c%10)c9)c8)cc74)-c4ccc(Oc7cccc(-c8cccc(Oc9ccc(C#N)c(C#N)c9)c8)c7)cc4-6)c4ccc(Oc6cccc(-c7cccc(Oc8ccc(C#N)c(C#N)c8)c7)c6)cc54)c3)c2)cc1C#N. The van der Waals surface area contributed by atoms with Gasteiger partial charge in [-0.15, -0.1) is 0 Å². The standard InChI is InChI=1S/C112H58N16O8/c113-57-73-25-29-89(49-77(73)61-117)129-81-17-1-9-65(41-81)69-13-5-21-85(45-69)133-93-33-37-97-101(53-93)109-121-105(97)126-110-103-55-95(135-87-23-7-15-71(47-87)67-11-3-19-83(43-67)131-91-31-27-75(59-115)79(51-91)63-119)35-39-99(103)107(123-110)128-112-104-56-96(136-88-24-8-16-72(48-88)68-12-4-20-84(44-68)132-92-32-28-76(60-116)80(52-92)64-120)36-40-100(104)108(124-112)127-111-102-54-94(34-38-98(102)106(122-111)125-109)134-86-22-6-14-70(46-86)66-10-2-18-82(42-66)130-90-30-26-74(58-114)78(50-90)62-118/h1-56H,(H2,121,122,123,124,125,126,127,128). The average Bonchev–Trinajstić information content (AvgIpc) is 1.59. The van der Waals surface area contributed by atoms with Crippen LogP contribution in [0.1, 0.15) is 44.5 Å². The van der Waals surface area contributed by atoms with Crippen molar-refractivity contribution in [1.29, 1.82) is 42.1 Å². The Bertz CT molecular complexity index is 8310. The van der Waals surface area contributed by atoms with E-state index in [0.29, 0.717) is 158 Å². The molecule has 2 N–H and O–H groups in total. The van der Waals surface area contributed by atoms with Crippen LogP contribution in [0.5, 0.6) is 92.0 Å². The van der Waals surface area contributed by atoms with E-state index in [1.165, 1.54) is 24.3 Å². The molecule has 16 aromatic carbocycles. The van der Waals surface area contributed by atoms with Crippen molar-refractivity contribution in [2.24, 2.45) is 0 Å². The second-order valence-electron chi connectivity index (χ2n) is 31.2. The van der Waals surface area contributed by atoms with Crippen LogP contribution in [0.25, 0.3) is 134 Å². The summed E-state index contributed by atoms with van der Waals surface area (Å²) in [6, 6.07) is 119. The van der Waals surface area contributed by atoms with E-state index in [1.54, 1.807) is 48.5 Å². The van der Waals surface area contributed by atoms with Gasteiger partial charge in [0.2, 0.25) is 0 Å². The van der Waals surface area contributed by atoms with E-state index in [9.17, 15) is 42.1 Å². The molecule has 0 saturated heterocycles. The summed E-state index contributed by atoms with van der Waals surface area (Å²) in [4.78, 5) is 39.7. The lowest BCUT2D eigenvalue weighted by atomic mass is 10.1. The molecule has 24 heteroatoms. The second-order valence-corrected chi connectivity index (χ2v) is 31.2. The minimum absolute atomic E-state index is 0.202. The van der Waals surface area contributed by atoms with Crippen molar-refractivity contribution in [2.45, 2.75) is 0 Å².